The zero-order valence-corrected chi connectivity index (χ0v) is 15.2. The molecule has 2 aromatic rings. The van der Waals surface area contributed by atoms with E-state index in [0.717, 1.165) is 11.1 Å². The van der Waals surface area contributed by atoms with E-state index in [1.54, 1.807) is 20.8 Å². The fourth-order valence-corrected chi connectivity index (χ4v) is 3.12. The van der Waals surface area contributed by atoms with E-state index in [2.05, 4.69) is 24.3 Å². The first-order chi connectivity index (χ1) is 11.7. The highest BCUT2D eigenvalue weighted by atomic mass is 16.5. The number of rotatable bonds is 4. The number of carbonyl (C=O) groups excluding carboxylic acids is 2. The van der Waals surface area contributed by atoms with Gasteiger partial charge in [0.1, 0.15) is 11.3 Å². The van der Waals surface area contributed by atoms with Crippen LogP contribution in [-0.2, 0) is 16.9 Å². The van der Waals surface area contributed by atoms with E-state index in [-0.39, 0.29) is 12.5 Å². The van der Waals surface area contributed by atoms with Crippen LogP contribution in [0.25, 0.3) is 0 Å². The van der Waals surface area contributed by atoms with Crippen LogP contribution in [0.1, 0.15) is 54.8 Å². The standard InChI is InChI=1S/C19H23N3O3/c1-11(2)14-6-8-15(9-7-14)19(5)17(23)22(18(24)20-19)10-16-12(3)21-25-13(16)4/h6-9,11H,10H2,1-5H3,(H,20,24)/t19-/m0/s1. The quantitative estimate of drug-likeness (QED) is 0.865. The first-order valence-electron chi connectivity index (χ1n) is 8.40. The Kier molecular flexibility index (Phi) is 4.14. The maximum atomic E-state index is 13.0. The maximum absolute atomic E-state index is 13.0. The molecule has 1 atom stereocenters. The Balaban J connectivity index is 1.89. The molecule has 25 heavy (non-hydrogen) atoms. The van der Waals surface area contributed by atoms with Gasteiger partial charge in [0.25, 0.3) is 5.91 Å². The summed E-state index contributed by atoms with van der Waals surface area (Å²) in [7, 11) is 0. The third-order valence-corrected chi connectivity index (χ3v) is 4.93. The fourth-order valence-electron chi connectivity index (χ4n) is 3.12. The second kappa shape index (κ2) is 6.02. The number of aryl methyl sites for hydroxylation is 2. The highest BCUT2D eigenvalue weighted by Crippen LogP contribution is 2.31. The van der Waals surface area contributed by atoms with E-state index >= 15 is 0 Å². The molecular formula is C19H23N3O3. The van der Waals surface area contributed by atoms with Crippen molar-refractivity contribution in [2.45, 2.75) is 52.6 Å². The van der Waals surface area contributed by atoms with Crippen molar-refractivity contribution in [2.75, 3.05) is 0 Å². The average molecular weight is 341 g/mol. The second-order valence-electron chi connectivity index (χ2n) is 7.03. The smallest absolute Gasteiger partial charge is 0.325 e. The molecule has 0 aliphatic carbocycles. The molecule has 0 spiro atoms. The van der Waals surface area contributed by atoms with Gasteiger partial charge in [-0.25, -0.2) is 4.79 Å². The van der Waals surface area contributed by atoms with Crippen LogP contribution in [0.3, 0.4) is 0 Å². The lowest BCUT2D eigenvalue weighted by atomic mass is 9.90. The number of hydrogen-bond acceptors (Lipinski definition) is 4. The highest BCUT2D eigenvalue weighted by molar-refractivity contribution is 6.07. The lowest BCUT2D eigenvalue weighted by Gasteiger charge is -2.23. The molecule has 1 saturated heterocycles. The molecule has 1 aliphatic rings. The van der Waals surface area contributed by atoms with Gasteiger partial charge in [0.05, 0.1) is 12.2 Å². The molecule has 6 nitrogen and oxygen atoms in total. The second-order valence-corrected chi connectivity index (χ2v) is 7.03. The van der Waals surface area contributed by atoms with Crippen LogP contribution in [0.5, 0.6) is 0 Å². The molecule has 3 rings (SSSR count). The molecule has 1 aromatic carbocycles. The predicted molar refractivity (Wildman–Crippen MR) is 92.9 cm³/mol. The number of nitrogens with zero attached hydrogens (tertiary/aromatic N) is 2. The number of aromatic nitrogens is 1. The molecule has 0 bridgehead atoms. The van der Waals surface area contributed by atoms with Crippen LogP contribution in [0.4, 0.5) is 4.79 Å². The number of benzene rings is 1. The molecule has 1 fully saturated rings. The molecule has 2 heterocycles. The molecule has 1 aliphatic heterocycles. The predicted octanol–water partition coefficient (Wildman–Crippen LogP) is 3.38. The van der Waals surface area contributed by atoms with E-state index in [1.807, 2.05) is 24.3 Å². The van der Waals surface area contributed by atoms with Crippen molar-refractivity contribution >= 4 is 11.9 Å². The van der Waals surface area contributed by atoms with Gasteiger partial charge < -0.3 is 9.84 Å². The van der Waals surface area contributed by atoms with Crippen molar-refractivity contribution in [3.63, 3.8) is 0 Å². The summed E-state index contributed by atoms with van der Waals surface area (Å²) < 4.78 is 5.13. The molecule has 1 N–H and O–H groups in total. The third kappa shape index (κ3) is 2.81. The van der Waals surface area contributed by atoms with Crippen LogP contribution < -0.4 is 5.32 Å². The van der Waals surface area contributed by atoms with E-state index in [4.69, 9.17) is 4.52 Å². The minimum absolute atomic E-state index is 0.158. The van der Waals surface area contributed by atoms with Crippen molar-refractivity contribution in [1.82, 2.24) is 15.4 Å². The number of nitrogens with one attached hydrogen (secondary N) is 1. The van der Waals surface area contributed by atoms with Gasteiger partial charge in [0, 0.05) is 5.56 Å². The Morgan fingerprint density at radius 3 is 2.36 bits per heavy atom. The minimum Gasteiger partial charge on any atom is -0.361 e. The number of urea groups is 1. The molecule has 0 unspecified atom stereocenters. The topological polar surface area (TPSA) is 75.4 Å². The summed E-state index contributed by atoms with van der Waals surface area (Å²) in [6.45, 7) is 9.71. The molecule has 1 aromatic heterocycles. The zero-order chi connectivity index (χ0) is 18.4. The van der Waals surface area contributed by atoms with Crippen LogP contribution in [0, 0.1) is 13.8 Å². The fraction of sp³-hybridized carbons (Fsp3) is 0.421. The SMILES string of the molecule is Cc1noc(C)c1CN1C(=O)N[C@@](C)(c2ccc(C(C)C)cc2)C1=O. The number of carbonyl (C=O) groups is 2. The minimum atomic E-state index is -1.06. The lowest BCUT2D eigenvalue weighted by Crippen LogP contribution is -2.40. The summed E-state index contributed by atoms with van der Waals surface area (Å²) >= 11 is 0. The van der Waals surface area contributed by atoms with Crippen LogP contribution in [-0.4, -0.2) is 22.0 Å². The summed E-state index contributed by atoms with van der Waals surface area (Å²) in [4.78, 5) is 26.7. The van der Waals surface area contributed by atoms with Gasteiger partial charge >= 0.3 is 6.03 Å². The highest BCUT2D eigenvalue weighted by Gasteiger charge is 2.49. The third-order valence-electron chi connectivity index (χ3n) is 4.93. The van der Waals surface area contributed by atoms with Gasteiger partial charge in [0.15, 0.2) is 0 Å². The van der Waals surface area contributed by atoms with Gasteiger partial charge in [0.2, 0.25) is 0 Å². The van der Waals surface area contributed by atoms with Crippen molar-refractivity contribution in [1.29, 1.82) is 0 Å². The molecule has 6 heteroatoms. The Morgan fingerprint density at radius 1 is 1.20 bits per heavy atom. The van der Waals surface area contributed by atoms with E-state index in [9.17, 15) is 9.59 Å². The molecular weight excluding hydrogens is 318 g/mol. The average Bonchev–Trinajstić information content (AvgIpc) is 3.00. The first kappa shape index (κ1) is 17.2. The Hall–Kier alpha value is -2.63. The number of imide groups is 1. The Morgan fingerprint density at radius 2 is 1.84 bits per heavy atom. The van der Waals surface area contributed by atoms with Crippen molar-refractivity contribution in [3.8, 4) is 0 Å². The summed E-state index contributed by atoms with van der Waals surface area (Å²) in [6, 6.07) is 7.42. The summed E-state index contributed by atoms with van der Waals surface area (Å²) in [5, 5.41) is 6.72. The first-order valence-corrected chi connectivity index (χ1v) is 8.40. The monoisotopic (exact) mass is 341 g/mol. The van der Waals surface area contributed by atoms with Crippen molar-refractivity contribution in [3.05, 3.63) is 52.4 Å². The van der Waals surface area contributed by atoms with Crippen molar-refractivity contribution in [2.24, 2.45) is 0 Å². The largest absolute Gasteiger partial charge is 0.361 e. The number of hydrogen-bond donors (Lipinski definition) is 1. The lowest BCUT2D eigenvalue weighted by molar-refractivity contribution is -0.131. The normalized spacial score (nSPS) is 20.5. The van der Waals surface area contributed by atoms with E-state index in [0.29, 0.717) is 17.4 Å². The van der Waals surface area contributed by atoms with E-state index in [1.165, 1.54) is 10.5 Å². The van der Waals surface area contributed by atoms with Crippen LogP contribution in [0.15, 0.2) is 28.8 Å². The van der Waals surface area contributed by atoms with Gasteiger partial charge in [-0.05, 0) is 37.8 Å². The van der Waals surface area contributed by atoms with Crippen LogP contribution in [0.2, 0.25) is 0 Å². The van der Waals surface area contributed by atoms with Gasteiger partial charge in [-0.3, -0.25) is 9.69 Å². The molecule has 0 saturated carbocycles. The summed E-state index contributed by atoms with van der Waals surface area (Å²) in [6.07, 6.45) is 0. The van der Waals surface area contributed by atoms with Gasteiger partial charge in [-0.1, -0.05) is 43.3 Å². The number of amides is 3. The zero-order valence-electron chi connectivity index (χ0n) is 15.2. The molecule has 3 amide bonds. The van der Waals surface area contributed by atoms with E-state index < -0.39 is 11.6 Å². The summed E-state index contributed by atoms with van der Waals surface area (Å²) in [5.74, 6) is 0.759. The Bertz CT molecular complexity index is 803. The molecule has 0 radical (unpaired) electrons. The van der Waals surface area contributed by atoms with Gasteiger partial charge in [-0.15, -0.1) is 0 Å². The summed E-state index contributed by atoms with van der Waals surface area (Å²) in [5.41, 5.74) is 2.36. The van der Waals surface area contributed by atoms with Crippen molar-refractivity contribution < 1.29 is 14.1 Å². The molecule has 132 valence electrons. The maximum Gasteiger partial charge on any atom is 0.325 e. The van der Waals surface area contributed by atoms with Gasteiger partial charge in [-0.2, -0.15) is 0 Å². The van der Waals surface area contributed by atoms with Crippen LogP contribution >= 0.6 is 0 Å². The Labute approximate surface area is 147 Å².